The Labute approximate surface area is 240 Å². The van der Waals surface area contributed by atoms with Crippen molar-refractivity contribution in [2.24, 2.45) is 4.99 Å². The highest BCUT2D eigenvalue weighted by molar-refractivity contribution is 8.18. The number of aromatic nitrogens is 2. The van der Waals surface area contributed by atoms with Crippen LogP contribution in [0.1, 0.15) is 35.1 Å². The summed E-state index contributed by atoms with van der Waals surface area (Å²) in [4.78, 5) is 19.2. The number of amidine groups is 1. The summed E-state index contributed by atoms with van der Waals surface area (Å²) in [5.41, 5.74) is -2.11. The molecule has 0 saturated carbocycles. The molecule has 5 rings (SSSR count). The molecule has 2 aliphatic heterocycles. The fraction of sp³-hybridized carbons (Fsp3) is 0.346. The Morgan fingerprint density at radius 2 is 1.79 bits per heavy atom. The van der Waals surface area contributed by atoms with Gasteiger partial charge < -0.3 is 4.90 Å². The summed E-state index contributed by atoms with van der Waals surface area (Å²) in [7, 11) is -3.40. The van der Waals surface area contributed by atoms with Crippen LogP contribution in [-0.2, 0) is 33.6 Å². The SMILES string of the molecule is CS(=O)(=O)NC1CCN(C2=NC(=O)C(=C(Cc3ccc(C(F)(F)F)cc3C(F)(F)F)c3ccc4[nH]ncc4c3)S2)CC1. The molecule has 0 atom stereocenters. The van der Waals surface area contributed by atoms with Crippen LogP contribution < -0.4 is 4.72 Å². The molecule has 0 radical (unpaired) electrons. The molecule has 1 saturated heterocycles. The van der Waals surface area contributed by atoms with Gasteiger partial charge in [0.25, 0.3) is 5.91 Å². The molecular formula is C26H23F6N5O3S2. The zero-order chi connectivity index (χ0) is 30.4. The molecule has 0 aliphatic carbocycles. The maximum Gasteiger partial charge on any atom is 0.416 e. The third kappa shape index (κ3) is 6.65. The summed E-state index contributed by atoms with van der Waals surface area (Å²) in [5, 5.41) is 7.64. The Morgan fingerprint density at radius 3 is 2.43 bits per heavy atom. The summed E-state index contributed by atoms with van der Waals surface area (Å²) in [5.74, 6) is -0.686. The van der Waals surface area contributed by atoms with Crippen LogP contribution in [0, 0.1) is 0 Å². The summed E-state index contributed by atoms with van der Waals surface area (Å²) in [6.07, 6.45) is -7.09. The average molecular weight is 632 g/mol. The number of halogens is 6. The van der Waals surface area contributed by atoms with Crippen molar-refractivity contribution in [3.05, 3.63) is 69.8 Å². The summed E-state index contributed by atoms with van der Waals surface area (Å²) < 4.78 is 107. The van der Waals surface area contributed by atoms with Crippen LogP contribution in [0.15, 0.2) is 52.5 Å². The van der Waals surface area contributed by atoms with Gasteiger partial charge in [-0.25, -0.2) is 13.1 Å². The number of carbonyl (C=O) groups is 1. The monoisotopic (exact) mass is 631 g/mol. The predicted molar refractivity (Wildman–Crippen MR) is 146 cm³/mol. The summed E-state index contributed by atoms with van der Waals surface area (Å²) in [6.45, 7) is 0.764. The van der Waals surface area contributed by atoms with Gasteiger partial charge in [-0.3, -0.25) is 9.89 Å². The van der Waals surface area contributed by atoms with Gasteiger partial charge in [-0.1, -0.05) is 12.1 Å². The minimum atomic E-state index is -5.08. The highest BCUT2D eigenvalue weighted by Gasteiger charge is 2.39. The number of allylic oxidation sites excluding steroid dienone is 1. The molecule has 3 heterocycles. The molecule has 1 fully saturated rings. The molecule has 16 heteroatoms. The van der Waals surface area contributed by atoms with Crippen molar-refractivity contribution in [1.29, 1.82) is 0 Å². The Balaban J connectivity index is 1.51. The number of carbonyl (C=O) groups excluding carboxylic acids is 1. The van der Waals surface area contributed by atoms with Crippen LogP contribution in [0.3, 0.4) is 0 Å². The molecule has 8 nitrogen and oxygen atoms in total. The lowest BCUT2D eigenvalue weighted by molar-refractivity contribution is -0.143. The van der Waals surface area contributed by atoms with Gasteiger partial charge >= 0.3 is 12.4 Å². The number of aromatic amines is 1. The number of aliphatic imine (C=N–C) groups is 1. The highest BCUT2D eigenvalue weighted by atomic mass is 32.2. The lowest BCUT2D eigenvalue weighted by atomic mass is 9.92. The number of likely N-dealkylation sites (tertiary alicyclic amines) is 1. The van der Waals surface area contributed by atoms with Crippen LogP contribution >= 0.6 is 11.8 Å². The molecule has 224 valence electrons. The second-order valence-electron chi connectivity index (χ2n) is 9.98. The first-order chi connectivity index (χ1) is 19.6. The first-order valence-corrected chi connectivity index (χ1v) is 15.3. The molecule has 3 aromatic rings. The van der Waals surface area contributed by atoms with E-state index in [1.54, 1.807) is 23.1 Å². The number of piperidine rings is 1. The number of benzene rings is 2. The van der Waals surface area contributed by atoms with Gasteiger partial charge in [0.05, 0.1) is 34.0 Å². The first kappa shape index (κ1) is 30.1. The number of fused-ring (bicyclic) bond motifs is 1. The summed E-state index contributed by atoms with van der Waals surface area (Å²) >= 11 is 0.973. The van der Waals surface area contributed by atoms with E-state index in [4.69, 9.17) is 0 Å². The van der Waals surface area contributed by atoms with Gasteiger partial charge in [-0.05, 0) is 72.0 Å². The van der Waals surface area contributed by atoms with Crippen LogP contribution in [0.5, 0.6) is 0 Å². The number of sulfonamides is 1. The van der Waals surface area contributed by atoms with Crippen molar-refractivity contribution in [3.8, 4) is 0 Å². The van der Waals surface area contributed by atoms with Crippen LogP contribution in [0.4, 0.5) is 26.3 Å². The minimum Gasteiger partial charge on any atom is -0.351 e. The topological polar surface area (TPSA) is 108 Å². The fourth-order valence-corrected chi connectivity index (χ4v) is 6.83. The second kappa shape index (κ2) is 11.0. The van der Waals surface area contributed by atoms with E-state index in [2.05, 4.69) is 19.9 Å². The van der Waals surface area contributed by atoms with Crippen molar-refractivity contribution in [2.45, 2.75) is 37.7 Å². The Kier molecular flexibility index (Phi) is 7.91. The van der Waals surface area contributed by atoms with Gasteiger partial charge in [0.15, 0.2) is 5.17 Å². The van der Waals surface area contributed by atoms with E-state index in [9.17, 15) is 39.6 Å². The fourth-order valence-electron chi connectivity index (χ4n) is 4.92. The van der Waals surface area contributed by atoms with E-state index >= 15 is 0 Å². The van der Waals surface area contributed by atoms with Crippen molar-refractivity contribution in [3.63, 3.8) is 0 Å². The van der Waals surface area contributed by atoms with E-state index in [1.165, 1.54) is 6.20 Å². The van der Waals surface area contributed by atoms with Crippen molar-refractivity contribution >= 4 is 49.3 Å². The number of hydrogen-bond donors (Lipinski definition) is 2. The Morgan fingerprint density at radius 1 is 1.07 bits per heavy atom. The molecular weight excluding hydrogens is 608 g/mol. The van der Waals surface area contributed by atoms with E-state index in [1.807, 2.05) is 0 Å². The lowest BCUT2D eigenvalue weighted by Gasteiger charge is -2.32. The lowest BCUT2D eigenvalue weighted by Crippen LogP contribution is -2.45. The van der Waals surface area contributed by atoms with Gasteiger partial charge in [0, 0.05) is 24.5 Å². The molecule has 0 unspecified atom stereocenters. The number of nitrogens with one attached hydrogen (secondary N) is 2. The van der Waals surface area contributed by atoms with Gasteiger partial charge in [-0.15, -0.1) is 0 Å². The molecule has 2 aromatic carbocycles. The third-order valence-electron chi connectivity index (χ3n) is 6.90. The van der Waals surface area contributed by atoms with E-state index in [-0.39, 0.29) is 22.6 Å². The van der Waals surface area contributed by atoms with E-state index in [0.29, 0.717) is 53.6 Å². The maximum atomic E-state index is 14.0. The summed E-state index contributed by atoms with van der Waals surface area (Å²) in [6, 6.07) is 6.03. The molecule has 1 amide bonds. The van der Waals surface area contributed by atoms with Crippen molar-refractivity contribution < 1.29 is 39.6 Å². The van der Waals surface area contributed by atoms with Crippen LogP contribution in [-0.4, -0.2) is 60.0 Å². The Bertz CT molecular complexity index is 1700. The quantitative estimate of drug-likeness (QED) is 0.296. The number of rotatable bonds is 5. The van der Waals surface area contributed by atoms with Crippen molar-refractivity contribution in [2.75, 3.05) is 19.3 Å². The smallest absolute Gasteiger partial charge is 0.351 e. The molecule has 42 heavy (non-hydrogen) atoms. The second-order valence-corrected chi connectivity index (χ2v) is 12.7. The van der Waals surface area contributed by atoms with Crippen LogP contribution in [0.2, 0.25) is 0 Å². The molecule has 0 bridgehead atoms. The Hall–Kier alpha value is -3.37. The first-order valence-electron chi connectivity index (χ1n) is 12.6. The van der Waals surface area contributed by atoms with Gasteiger partial charge in [0.2, 0.25) is 10.0 Å². The largest absolute Gasteiger partial charge is 0.416 e. The number of H-pyrrole nitrogens is 1. The minimum absolute atomic E-state index is 0.0530. The third-order valence-corrected chi connectivity index (χ3v) is 8.82. The molecule has 0 spiro atoms. The molecule has 1 aromatic heterocycles. The van der Waals surface area contributed by atoms with Gasteiger partial charge in [-0.2, -0.15) is 36.4 Å². The van der Waals surface area contributed by atoms with E-state index < -0.39 is 51.4 Å². The number of alkyl halides is 6. The highest BCUT2D eigenvalue weighted by Crippen LogP contribution is 2.42. The number of thioether (sulfide) groups is 1. The number of hydrogen-bond acceptors (Lipinski definition) is 6. The molecule has 2 aliphatic rings. The number of nitrogens with zero attached hydrogens (tertiary/aromatic N) is 3. The maximum absolute atomic E-state index is 14.0. The van der Waals surface area contributed by atoms with Crippen LogP contribution in [0.25, 0.3) is 16.5 Å². The van der Waals surface area contributed by atoms with Crippen molar-refractivity contribution in [1.82, 2.24) is 19.8 Å². The average Bonchev–Trinajstić information content (AvgIpc) is 3.51. The normalized spacial score (nSPS) is 18.6. The molecule has 2 N–H and O–H groups in total. The zero-order valence-electron chi connectivity index (χ0n) is 21.8. The zero-order valence-corrected chi connectivity index (χ0v) is 23.4. The van der Waals surface area contributed by atoms with Gasteiger partial charge in [0.1, 0.15) is 0 Å². The standard InChI is InChI=1S/C26H23F6N5O3S2/c1-42(39,40)36-18-6-8-37(9-7-18)24-34-23(38)22(41-24)19(14-3-5-21-16(10-14)13-33-35-21)11-15-2-4-17(25(27,28)29)12-20(15)26(30,31)32/h2-5,10,12-13,18,36H,6-9,11H2,1H3,(H,33,35). The predicted octanol–water partition coefficient (Wildman–Crippen LogP) is 5.20. The van der Waals surface area contributed by atoms with E-state index in [0.717, 1.165) is 24.1 Å². The number of amides is 1.